The second kappa shape index (κ2) is 8.81. The average Bonchev–Trinajstić information content (AvgIpc) is 2.73. The molecule has 6 nitrogen and oxygen atoms in total. The third-order valence-corrected chi connectivity index (χ3v) is 4.28. The van der Waals surface area contributed by atoms with Crippen LogP contribution in [0.1, 0.15) is 34.5 Å². The first-order valence-corrected chi connectivity index (χ1v) is 8.87. The molecule has 0 fully saturated rings. The summed E-state index contributed by atoms with van der Waals surface area (Å²) < 4.78 is 5.96. The molecular formula is C22H20N2O4. The number of carbonyl (C=O) groups is 1. The number of nitro groups is 1. The van der Waals surface area contributed by atoms with Gasteiger partial charge in [0, 0.05) is 18.7 Å². The van der Waals surface area contributed by atoms with E-state index in [9.17, 15) is 14.9 Å². The molecular weight excluding hydrogens is 356 g/mol. The molecule has 0 spiro atoms. The fraction of sp³-hybridized carbons (Fsp3) is 0.136. The number of para-hydroxylation sites is 1. The van der Waals surface area contributed by atoms with E-state index in [0.29, 0.717) is 23.4 Å². The van der Waals surface area contributed by atoms with Crippen LogP contribution in [0.25, 0.3) is 0 Å². The van der Waals surface area contributed by atoms with Crippen LogP contribution in [0.4, 0.5) is 5.69 Å². The number of hydrogen-bond donors (Lipinski definition) is 1. The van der Waals surface area contributed by atoms with Gasteiger partial charge in [0.15, 0.2) is 0 Å². The van der Waals surface area contributed by atoms with E-state index in [1.807, 2.05) is 30.3 Å². The minimum Gasteiger partial charge on any atom is -0.485 e. The summed E-state index contributed by atoms with van der Waals surface area (Å²) in [7, 11) is 0. The van der Waals surface area contributed by atoms with Gasteiger partial charge < -0.3 is 10.1 Å². The van der Waals surface area contributed by atoms with Crippen molar-refractivity contribution >= 4 is 11.6 Å². The average molecular weight is 376 g/mol. The van der Waals surface area contributed by atoms with E-state index in [1.54, 1.807) is 43.3 Å². The number of hydrogen-bond acceptors (Lipinski definition) is 4. The summed E-state index contributed by atoms with van der Waals surface area (Å²) in [4.78, 5) is 23.2. The second-order valence-corrected chi connectivity index (χ2v) is 6.28. The summed E-state index contributed by atoms with van der Waals surface area (Å²) in [5.74, 6) is 0.178. The Balaban J connectivity index is 1.73. The molecule has 0 saturated heterocycles. The fourth-order valence-corrected chi connectivity index (χ4v) is 2.78. The maximum atomic E-state index is 12.6. The van der Waals surface area contributed by atoms with Crippen LogP contribution in [0.15, 0.2) is 78.9 Å². The highest BCUT2D eigenvalue weighted by atomic mass is 16.6. The summed E-state index contributed by atoms with van der Waals surface area (Å²) >= 11 is 0. The smallest absolute Gasteiger partial charge is 0.269 e. The molecule has 142 valence electrons. The lowest BCUT2D eigenvalue weighted by Gasteiger charge is -2.17. The van der Waals surface area contributed by atoms with Crippen LogP contribution in [0.2, 0.25) is 0 Å². The van der Waals surface area contributed by atoms with Gasteiger partial charge in [-0.3, -0.25) is 14.9 Å². The van der Waals surface area contributed by atoms with Gasteiger partial charge in [-0.05, 0) is 30.2 Å². The van der Waals surface area contributed by atoms with E-state index in [-0.39, 0.29) is 11.6 Å². The van der Waals surface area contributed by atoms with E-state index in [2.05, 4.69) is 5.32 Å². The number of nitro benzene ring substituents is 1. The number of ether oxygens (including phenoxy) is 1. The first kappa shape index (κ1) is 19.1. The SMILES string of the molecule is C[C@H](Oc1ccccc1C(=O)NCc1ccccc1)c1cccc([N+](=O)[O-])c1. The molecule has 3 aromatic carbocycles. The van der Waals surface area contributed by atoms with Crippen LogP contribution >= 0.6 is 0 Å². The third-order valence-electron chi connectivity index (χ3n) is 4.28. The number of amides is 1. The fourth-order valence-electron chi connectivity index (χ4n) is 2.78. The topological polar surface area (TPSA) is 81.5 Å². The molecule has 0 radical (unpaired) electrons. The van der Waals surface area contributed by atoms with Crippen molar-refractivity contribution in [2.75, 3.05) is 0 Å². The number of nitrogens with one attached hydrogen (secondary N) is 1. The summed E-state index contributed by atoms with van der Waals surface area (Å²) in [6, 6.07) is 22.9. The highest BCUT2D eigenvalue weighted by molar-refractivity contribution is 5.96. The van der Waals surface area contributed by atoms with Gasteiger partial charge in [-0.1, -0.05) is 54.6 Å². The number of non-ortho nitro benzene ring substituents is 1. The lowest BCUT2D eigenvalue weighted by atomic mass is 10.1. The van der Waals surface area contributed by atoms with Crippen molar-refractivity contribution in [2.45, 2.75) is 19.6 Å². The number of rotatable bonds is 7. The molecule has 1 amide bonds. The molecule has 0 aliphatic heterocycles. The molecule has 0 bridgehead atoms. The molecule has 0 aromatic heterocycles. The molecule has 28 heavy (non-hydrogen) atoms. The van der Waals surface area contributed by atoms with Gasteiger partial charge in [0.1, 0.15) is 11.9 Å². The van der Waals surface area contributed by atoms with Crippen molar-refractivity contribution in [3.63, 3.8) is 0 Å². The molecule has 1 N–H and O–H groups in total. The minimum absolute atomic E-state index is 0.00170. The second-order valence-electron chi connectivity index (χ2n) is 6.28. The van der Waals surface area contributed by atoms with Crippen LogP contribution < -0.4 is 10.1 Å². The highest BCUT2D eigenvalue weighted by Crippen LogP contribution is 2.27. The lowest BCUT2D eigenvalue weighted by molar-refractivity contribution is -0.385. The zero-order valence-corrected chi connectivity index (χ0v) is 15.4. The summed E-state index contributed by atoms with van der Waals surface area (Å²) in [6.07, 6.45) is -0.456. The van der Waals surface area contributed by atoms with E-state index in [0.717, 1.165) is 5.56 Å². The molecule has 6 heteroatoms. The molecule has 3 rings (SSSR count). The Bertz CT molecular complexity index is 973. The lowest BCUT2D eigenvalue weighted by Crippen LogP contribution is -2.23. The third kappa shape index (κ3) is 4.73. The standard InChI is InChI=1S/C22H20N2O4/c1-16(18-10-7-11-19(14-18)24(26)27)28-21-13-6-5-12-20(21)22(25)23-15-17-8-3-2-4-9-17/h2-14,16H,15H2,1H3,(H,23,25)/t16-/m0/s1. The van der Waals surface area contributed by atoms with Gasteiger partial charge in [-0.25, -0.2) is 0 Å². The predicted octanol–water partition coefficient (Wildman–Crippen LogP) is 4.66. The van der Waals surface area contributed by atoms with Crippen molar-refractivity contribution in [2.24, 2.45) is 0 Å². The van der Waals surface area contributed by atoms with Crippen LogP contribution in [0.3, 0.4) is 0 Å². The predicted molar refractivity (Wildman–Crippen MR) is 106 cm³/mol. The zero-order valence-electron chi connectivity index (χ0n) is 15.4. The van der Waals surface area contributed by atoms with Crippen molar-refractivity contribution in [3.8, 4) is 5.75 Å². The van der Waals surface area contributed by atoms with Crippen molar-refractivity contribution < 1.29 is 14.5 Å². The normalized spacial score (nSPS) is 11.5. The Morgan fingerprint density at radius 2 is 1.75 bits per heavy atom. The summed E-state index contributed by atoms with van der Waals surface area (Å²) in [5, 5.41) is 13.9. The molecule has 0 aliphatic rings. The van der Waals surface area contributed by atoms with Crippen LogP contribution in [-0.2, 0) is 6.54 Å². The molecule has 3 aromatic rings. The number of benzene rings is 3. The monoisotopic (exact) mass is 376 g/mol. The first-order chi connectivity index (χ1) is 13.5. The number of nitrogens with zero attached hydrogens (tertiary/aromatic N) is 1. The maximum absolute atomic E-state index is 12.6. The van der Waals surface area contributed by atoms with Crippen molar-refractivity contribution in [1.82, 2.24) is 5.32 Å². The van der Waals surface area contributed by atoms with Gasteiger partial charge in [0.25, 0.3) is 11.6 Å². The van der Waals surface area contributed by atoms with E-state index < -0.39 is 11.0 Å². The highest BCUT2D eigenvalue weighted by Gasteiger charge is 2.17. The number of carbonyl (C=O) groups excluding carboxylic acids is 1. The summed E-state index contributed by atoms with van der Waals surface area (Å²) in [5.41, 5.74) is 2.07. The maximum Gasteiger partial charge on any atom is 0.269 e. The Kier molecular flexibility index (Phi) is 6.01. The van der Waals surface area contributed by atoms with E-state index in [1.165, 1.54) is 12.1 Å². The van der Waals surface area contributed by atoms with E-state index in [4.69, 9.17) is 4.74 Å². The zero-order chi connectivity index (χ0) is 19.9. The molecule has 1 atom stereocenters. The van der Waals surface area contributed by atoms with Gasteiger partial charge in [-0.15, -0.1) is 0 Å². The minimum atomic E-state index is -0.456. The molecule has 0 unspecified atom stereocenters. The van der Waals surface area contributed by atoms with Gasteiger partial charge in [0.05, 0.1) is 10.5 Å². The Morgan fingerprint density at radius 3 is 2.50 bits per heavy atom. The largest absolute Gasteiger partial charge is 0.485 e. The Labute approximate surface area is 162 Å². The van der Waals surface area contributed by atoms with Gasteiger partial charge in [-0.2, -0.15) is 0 Å². The van der Waals surface area contributed by atoms with Crippen molar-refractivity contribution in [1.29, 1.82) is 0 Å². The van der Waals surface area contributed by atoms with Crippen LogP contribution in [0, 0.1) is 10.1 Å². The molecule has 0 heterocycles. The van der Waals surface area contributed by atoms with Crippen molar-refractivity contribution in [3.05, 3.63) is 106 Å². The Hall–Kier alpha value is -3.67. The quantitative estimate of drug-likeness (QED) is 0.480. The first-order valence-electron chi connectivity index (χ1n) is 8.87. The van der Waals surface area contributed by atoms with Crippen LogP contribution in [-0.4, -0.2) is 10.8 Å². The Morgan fingerprint density at radius 1 is 1.04 bits per heavy atom. The van der Waals surface area contributed by atoms with Gasteiger partial charge >= 0.3 is 0 Å². The molecule has 0 saturated carbocycles. The van der Waals surface area contributed by atoms with Crippen LogP contribution in [0.5, 0.6) is 5.75 Å². The van der Waals surface area contributed by atoms with Gasteiger partial charge in [0.2, 0.25) is 0 Å². The molecule has 0 aliphatic carbocycles. The summed E-state index contributed by atoms with van der Waals surface area (Å²) in [6.45, 7) is 2.20. The van der Waals surface area contributed by atoms with E-state index >= 15 is 0 Å².